The van der Waals surface area contributed by atoms with Crippen molar-refractivity contribution in [2.24, 2.45) is 0 Å². The zero-order valence-corrected chi connectivity index (χ0v) is 23.5. The quantitative estimate of drug-likeness (QED) is 0.352. The topological polar surface area (TPSA) is 96.0 Å². The third kappa shape index (κ3) is 7.93. The third-order valence-corrected chi connectivity index (χ3v) is 7.46. The monoisotopic (exact) mass is 575 g/mol. The van der Waals surface area contributed by atoms with Crippen molar-refractivity contribution in [2.45, 2.75) is 25.9 Å². The molecule has 0 saturated carbocycles. The van der Waals surface area contributed by atoms with Crippen LogP contribution < -0.4 is 14.4 Å². The number of nitrogens with one attached hydrogen (secondary N) is 1. The first kappa shape index (κ1) is 29.9. The lowest BCUT2D eigenvalue weighted by Gasteiger charge is -2.33. The summed E-state index contributed by atoms with van der Waals surface area (Å²) in [5, 5.41) is 2.90. The van der Waals surface area contributed by atoms with Crippen LogP contribution in [0.4, 0.5) is 10.1 Å². The van der Waals surface area contributed by atoms with Crippen LogP contribution in [-0.4, -0.2) is 57.6 Å². The maximum Gasteiger partial charge on any atom is 0.244 e. The van der Waals surface area contributed by atoms with Gasteiger partial charge < -0.3 is 15.0 Å². The molecule has 0 aliphatic heterocycles. The van der Waals surface area contributed by atoms with Gasteiger partial charge in [-0.15, -0.1) is 0 Å². The number of ether oxygens (including phenoxy) is 1. The lowest BCUT2D eigenvalue weighted by Crippen LogP contribution is -2.53. The largest absolute Gasteiger partial charge is 0.495 e. The number of halogens is 2. The summed E-state index contributed by atoms with van der Waals surface area (Å²) in [6.07, 6.45) is 1.10. The van der Waals surface area contributed by atoms with E-state index in [0.717, 1.165) is 16.1 Å². The highest BCUT2D eigenvalue weighted by molar-refractivity contribution is 7.92. The number of hydrogen-bond acceptors (Lipinski definition) is 5. The predicted molar refractivity (Wildman–Crippen MR) is 150 cm³/mol. The molecule has 11 heteroatoms. The number of carbonyl (C=O) groups excluding carboxylic acids is 2. The minimum atomic E-state index is -3.97. The van der Waals surface area contributed by atoms with Crippen LogP contribution in [0.5, 0.6) is 5.75 Å². The Labute approximate surface area is 233 Å². The Hall–Kier alpha value is -3.63. The second kappa shape index (κ2) is 13.4. The van der Waals surface area contributed by atoms with E-state index >= 15 is 0 Å². The number of anilines is 1. The minimum Gasteiger partial charge on any atom is -0.495 e. The number of amides is 2. The fraction of sp³-hybridized carbons (Fsp3) is 0.286. The number of methoxy groups -OCH3 is 1. The first-order valence-corrected chi connectivity index (χ1v) is 14.4. The molecule has 0 aromatic heterocycles. The Morgan fingerprint density at radius 3 is 2.31 bits per heavy atom. The number of benzene rings is 3. The van der Waals surface area contributed by atoms with E-state index in [0.29, 0.717) is 12.3 Å². The average molecular weight is 576 g/mol. The Morgan fingerprint density at radius 2 is 1.72 bits per heavy atom. The van der Waals surface area contributed by atoms with Crippen molar-refractivity contribution in [3.63, 3.8) is 0 Å². The predicted octanol–water partition coefficient (Wildman–Crippen LogP) is 4.03. The van der Waals surface area contributed by atoms with E-state index in [9.17, 15) is 22.4 Å². The van der Waals surface area contributed by atoms with Crippen LogP contribution in [0, 0.1) is 5.82 Å². The molecule has 39 heavy (non-hydrogen) atoms. The van der Waals surface area contributed by atoms with Crippen molar-refractivity contribution in [3.8, 4) is 5.75 Å². The number of rotatable bonds is 12. The molecule has 0 fully saturated rings. The molecular weight excluding hydrogens is 545 g/mol. The first-order valence-electron chi connectivity index (χ1n) is 12.2. The Bertz CT molecular complexity index is 1410. The van der Waals surface area contributed by atoms with Crippen LogP contribution in [-0.2, 0) is 32.6 Å². The fourth-order valence-electron chi connectivity index (χ4n) is 4.08. The van der Waals surface area contributed by atoms with Gasteiger partial charge in [0.15, 0.2) is 0 Å². The van der Waals surface area contributed by atoms with Crippen molar-refractivity contribution in [1.82, 2.24) is 10.2 Å². The van der Waals surface area contributed by atoms with Crippen LogP contribution >= 0.6 is 11.6 Å². The van der Waals surface area contributed by atoms with Crippen LogP contribution in [0.1, 0.15) is 18.1 Å². The van der Waals surface area contributed by atoms with Gasteiger partial charge in [0.1, 0.15) is 24.2 Å². The summed E-state index contributed by atoms with van der Waals surface area (Å²) in [4.78, 5) is 28.4. The molecule has 0 unspecified atom stereocenters. The molecule has 0 spiro atoms. The van der Waals surface area contributed by atoms with Gasteiger partial charge in [-0.25, -0.2) is 12.8 Å². The summed E-state index contributed by atoms with van der Waals surface area (Å²) < 4.78 is 46.4. The maximum absolute atomic E-state index is 14.7. The number of sulfonamides is 1. The van der Waals surface area contributed by atoms with Gasteiger partial charge in [-0.05, 0) is 36.8 Å². The zero-order chi connectivity index (χ0) is 28.6. The lowest BCUT2D eigenvalue weighted by molar-refractivity contribution is -0.140. The summed E-state index contributed by atoms with van der Waals surface area (Å²) in [5.74, 6) is -1.35. The van der Waals surface area contributed by atoms with Crippen molar-refractivity contribution in [2.75, 3.05) is 30.8 Å². The van der Waals surface area contributed by atoms with Gasteiger partial charge in [-0.3, -0.25) is 13.9 Å². The van der Waals surface area contributed by atoms with Crippen LogP contribution in [0.15, 0.2) is 72.8 Å². The van der Waals surface area contributed by atoms with Gasteiger partial charge in [0.05, 0.1) is 24.1 Å². The molecule has 3 aromatic rings. The highest BCUT2D eigenvalue weighted by atomic mass is 35.5. The number of hydrogen-bond donors (Lipinski definition) is 1. The molecule has 3 rings (SSSR count). The van der Waals surface area contributed by atoms with E-state index in [2.05, 4.69) is 5.32 Å². The van der Waals surface area contributed by atoms with Crippen molar-refractivity contribution < 1.29 is 27.1 Å². The van der Waals surface area contributed by atoms with E-state index in [1.807, 2.05) is 30.3 Å². The Balaban J connectivity index is 2.06. The Kier molecular flexibility index (Phi) is 10.3. The molecule has 3 aromatic carbocycles. The molecule has 0 aliphatic rings. The summed E-state index contributed by atoms with van der Waals surface area (Å²) in [7, 11) is -2.54. The second-order valence-corrected chi connectivity index (χ2v) is 11.1. The molecule has 0 radical (unpaired) electrons. The van der Waals surface area contributed by atoms with E-state index < -0.39 is 40.2 Å². The van der Waals surface area contributed by atoms with E-state index in [1.54, 1.807) is 13.0 Å². The van der Waals surface area contributed by atoms with Crippen LogP contribution in [0.3, 0.4) is 0 Å². The molecule has 208 valence electrons. The van der Waals surface area contributed by atoms with Crippen LogP contribution in [0.2, 0.25) is 5.02 Å². The fourth-order valence-corrected chi connectivity index (χ4v) is 5.17. The van der Waals surface area contributed by atoms with Crippen molar-refractivity contribution >= 4 is 39.1 Å². The Morgan fingerprint density at radius 1 is 1.05 bits per heavy atom. The molecular formula is C28H31ClFN3O5S. The summed E-state index contributed by atoms with van der Waals surface area (Å²) in [6, 6.07) is 18.3. The molecule has 1 N–H and O–H groups in total. The van der Waals surface area contributed by atoms with Gasteiger partial charge in [0.25, 0.3) is 0 Å². The van der Waals surface area contributed by atoms with E-state index in [1.165, 1.54) is 48.4 Å². The van der Waals surface area contributed by atoms with Crippen LogP contribution in [0.25, 0.3) is 0 Å². The van der Waals surface area contributed by atoms with E-state index in [-0.39, 0.29) is 29.2 Å². The summed E-state index contributed by atoms with van der Waals surface area (Å²) >= 11 is 6.23. The summed E-state index contributed by atoms with van der Waals surface area (Å²) in [6.45, 7) is 1.17. The van der Waals surface area contributed by atoms with Gasteiger partial charge >= 0.3 is 0 Å². The molecule has 0 saturated heterocycles. The summed E-state index contributed by atoms with van der Waals surface area (Å²) in [5.41, 5.74) is 1.11. The van der Waals surface area contributed by atoms with Gasteiger partial charge in [0, 0.05) is 25.1 Å². The molecule has 0 bridgehead atoms. The van der Waals surface area contributed by atoms with Gasteiger partial charge in [-0.1, -0.05) is 60.1 Å². The lowest BCUT2D eigenvalue weighted by atomic mass is 10.0. The van der Waals surface area contributed by atoms with Crippen molar-refractivity contribution in [1.29, 1.82) is 0 Å². The smallest absolute Gasteiger partial charge is 0.244 e. The number of nitrogens with zero attached hydrogens (tertiary/aromatic N) is 2. The second-order valence-electron chi connectivity index (χ2n) is 8.80. The highest BCUT2D eigenvalue weighted by Gasteiger charge is 2.33. The zero-order valence-electron chi connectivity index (χ0n) is 21.9. The maximum atomic E-state index is 14.7. The van der Waals surface area contributed by atoms with Crippen molar-refractivity contribution in [3.05, 3.63) is 94.8 Å². The molecule has 0 aliphatic carbocycles. The average Bonchev–Trinajstić information content (AvgIpc) is 2.90. The molecule has 8 nitrogen and oxygen atoms in total. The number of likely N-dealkylation sites (N-methyl/N-ethyl adjacent to an activating group) is 1. The number of carbonyl (C=O) groups is 2. The minimum absolute atomic E-state index is 0.139. The normalized spacial score (nSPS) is 11.9. The third-order valence-electron chi connectivity index (χ3n) is 6.02. The van der Waals surface area contributed by atoms with Gasteiger partial charge in [0.2, 0.25) is 21.8 Å². The standard InChI is InChI=1S/C28H31ClFN3O5S/c1-4-31-28(35)25(16-20-10-6-5-7-11-20)32(18-21-12-8-9-13-24(21)30)27(34)19-33(39(3,36)37)22-14-15-26(38-2)23(29)17-22/h5-15,17,25H,4,16,18-19H2,1-3H3,(H,31,35)/t25-/m1/s1. The molecule has 1 atom stereocenters. The molecule has 2 amide bonds. The first-order chi connectivity index (χ1) is 18.5. The SMILES string of the molecule is CCNC(=O)[C@@H](Cc1ccccc1)N(Cc1ccccc1F)C(=O)CN(c1ccc(OC)c(Cl)c1)S(C)(=O)=O. The highest BCUT2D eigenvalue weighted by Crippen LogP contribution is 2.30. The van der Waals surface area contributed by atoms with E-state index in [4.69, 9.17) is 16.3 Å². The molecule has 0 heterocycles. The van der Waals surface area contributed by atoms with Gasteiger partial charge in [-0.2, -0.15) is 0 Å².